The summed E-state index contributed by atoms with van der Waals surface area (Å²) in [6.07, 6.45) is 1.24. The average Bonchev–Trinajstić information content (AvgIpc) is 2.76. The van der Waals surface area contributed by atoms with Crippen LogP contribution in [0.15, 0.2) is 30.3 Å². The van der Waals surface area contributed by atoms with E-state index in [0.29, 0.717) is 45.6 Å². The van der Waals surface area contributed by atoms with Gasteiger partial charge in [-0.1, -0.05) is 44.2 Å². The zero-order chi connectivity index (χ0) is 21.9. The lowest BCUT2D eigenvalue weighted by molar-refractivity contribution is -0.129. The van der Waals surface area contributed by atoms with Crippen LogP contribution in [0, 0.1) is 5.92 Å². The second-order valence-electron chi connectivity index (χ2n) is 7.92. The van der Waals surface area contributed by atoms with Crippen molar-refractivity contribution < 1.29 is 23.5 Å². The second kappa shape index (κ2) is 12.3. The predicted octanol–water partition coefficient (Wildman–Crippen LogP) is 2.10. The maximum absolute atomic E-state index is 13.1. The van der Waals surface area contributed by atoms with Gasteiger partial charge in [-0.3, -0.25) is 9.59 Å². The van der Waals surface area contributed by atoms with E-state index in [4.69, 9.17) is 4.74 Å². The fraction of sp³-hybridized carbons (Fsp3) is 0.591. The molecule has 2 atom stereocenters. The molecule has 1 saturated heterocycles. The Balaban J connectivity index is 2.01. The number of nitrogens with one attached hydrogen (secondary N) is 2. The molecule has 1 aliphatic rings. The maximum atomic E-state index is 13.1. The first-order valence-corrected chi connectivity index (χ1v) is 10.5. The third-order valence-electron chi connectivity index (χ3n) is 5.02. The Hall–Kier alpha value is -2.48. The summed E-state index contributed by atoms with van der Waals surface area (Å²) in [5, 5.41) is 5.43. The van der Waals surface area contributed by atoms with Gasteiger partial charge in [0, 0.05) is 13.1 Å². The molecule has 1 heterocycles. The molecule has 0 radical (unpaired) electrons. The highest BCUT2D eigenvalue weighted by Gasteiger charge is 2.29. The quantitative estimate of drug-likeness (QED) is 0.606. The number of amides is 3. The van der Waals surface area contributed by atoms with Crippen LogP contribution < -0.4 is 10.6 Å². The molecule has 166 valence electrons. The normalized spacial score (nSPS) is 16.1. The van der Waals surface area contributed by atoms with Crippen LogP contribution >= 0.6 is 0 Å². The van der Waals surface area contributed by atoms with Crippen LogP contribution in [0.4, 0.5) is 9.18 Å². The largest absolute Gasteiger partial charge is 0.378 e. The van der Waals surface area contributed by atoms with E-state index in [-0.39, 0.29) is 11.9 Å². The summed E-state index contributed by atoms with van der Waals surface area (Å²) >= 11 is 0. The number of nitrogens with zero attached hydrogens (tertiary/aromatic N) is 1. The molecule has 1 fully saturated rings. The number of urea groups is 1. The number of alkyl halides is 1. The Morgan fingerprint density at radius 3 is 2.33 bits per heavy atom. The van der Waals surface area contributed by atoms with Crippen LogP contribution in [0.25, 0.3) is 0 Å². The van der Waals surface area contributed by atoms with E-state index in [2.05, 4.69) is 10.6 Å². The summed E-state index contributed by atoms with van der Waals surface area (Å²) in [5.74, 6) is -0.988. The molecule has 8 heteroatoms. The van der Waals surface area contributed by atoms with Crippen LogP contribution in [0.2, 0.25) is 0 Å². The summed E-state index contributed by atoms with van der Waals surface area (Å²) in [4.78, 5) is 39.1. The van der Waals surface area contributed by atoms with Gasteiger partial charge in [0.1, 0.15) is 12.7 Å². The molecule has 0 bridgehead atoms. The number of carbonyl (C=O) groups excluding carboxylic acids is 3. The van der Waals surface area contributed by atoms with E-state index in [1.165, 1.54) is 0 Å². The first kappa shape index (κ1) is 23.8. The molecule has 30 heavy (non-hydrogen) atoms. The van der Waals surface area contributed by atoms with Crippen LogP contribution in [-0.2, 0) is 20.7 Å². The predicted molar refractivity (Wildman–Crippen MR) is 112 cm³/mol. The topological polar surface area (TPSA) is 87.7 Å². The Morgan fingerprint density at radius 1 is 1.07 bits per heavy atom. The van der Waals surface area contributed by atoms with Crippen molar-refractivity contribution in [2.24, 2.45) is 5.92 Å². The number of morpholine rings is 1. The van der Waals surface area contributed by atoms with E-state index in [1.807, 2.05) is 44.2 Å². The van der Waals surface area contributed by atoms with Crippen molar-refractivity contribution in [3.63, 3.8) is 0 Å². The fourth-order valence-electron chi connectivity index (χ4n) is 3.34. The van der Waals surface area contributed by atoms with Gasteiger partial charge in [-0.15, -0.1) is 0 Å². The highest BCUT2D eigenvalue weighted by molar-refractivity contribution is 5.93. The Morgan fingerprint density at radius 2 is 1.73 bits per heavy atom. The van der Waals surface area contributed by atoms with Gasteiger partial charge in [0.2, 0.25) is 5.91 Å². The summed E-state index contributed by atoms with van der Waals surface area (Å²) in [6, 6.07) is 7.44. The molecule has 2 rings (SSSR count). The monoisotopic (exact) mass is 421 g/mol. The zero-order valence-corrected chi connectivity index (χ0v) is 17.7. The van der Waals surface area contributed by atoms with Crippen molar-refractivity contribution >= 4 is 17.7 Å². The van der Waals surface area contributed by atoms with E-state index in [9.17, 15) is 18.8 Å². The van der Waals surface area contributed by atoms with Gasteiger partial charge in [-0.25, -0.2) is 9.18 Å². The lowest BCUT2D eigenvalue weighted by Gasteiger charge is -2.30. The SMILES string of the molecule is CC(C)C[C@H](NC(=O)N1CCOCC1)C(=O)N[C@@H](CCc1ccccc1)C(=O)CF. The van der Waals surface area contributed by atoms with Crippen LogP contribution in [0.5, 0.6) is 0 Å². The molecule has 1 aliphatic heterocycles. The Labute approximate surface area is 177 Å². The molecular formula is C22H32FN3O4. The summed E-state index contributed by atoms with van der Waals surface area (Å²) in [5.41, 5.74) is 1.00. The van der Waals surface area contributed by atoms with E-state index < -0.39 is 30.4 Å². The van der Waals surface area contributed by atoms with Gasteiger partial charge in [-0.2, -0.15) is 0 Å². The van der Waals surface area contributed by atoms with Crippen LogP contribution in [0.1, 0.15) is 32.3 Å². The highest BCUT2D eigenvalue weighted by atomic mass is 19.1. The molecule has 0 spiro atoms. The van der Waals surface area contributed by atoms with Crippen LogP contribution in [-0.4, -0.2) is 67.7 Å². The van der Waals surface area contributed by atoms with Crippen molar-refractivity contribution in [1.29, 1.82) is 0 Å². The van der Waals surface area contributed by atoms with Crippen LogP contribution in [0.3, 0.4) is 0 Å². The van der Waals surface area contributed by atoms with Gasteiger partial charge in [0.15, 0.2) is 5.78 Å². The number of hydrogen-bond acceptors (Lipinski definition) is 4. The number of rotatable bonds is 10. The minimum absolute atomic E-state index is 0.144. The van der Waals surface area contributed by atoms with Crippen molar-refractivity contribution in [2.45, 2.75) is 45.2 Å². The van der Waals surface area contributed by atoms with Gasteiger partial charge >= 0.3 is 6.03 Å². The number of ether oxygens (including phenoxy) is 1. The van der Waals surface area contributed by atoms with Crippen molar-refractivity contribution in [3.8, 4) is 0 Å². The zero-order valence-electron chi connectivity index (χ0n) is 17.7. The number of carbonyl (C=O) groups is 3. The summed E-state index contributed by atoms with van der Waals surface area (Å²) < 4.78 is 18.3. The number of aryl methyl sites for hydroxylation is 1. The third-order valence-corrected chi connectivity index (χ3v) is 5.02. The fourth-order valence-corrected chi connectivity index (χ4v) is 3.34. The minimum atomic E-state index is -1.14. The number of ketones is 1. The Bertz CT molecular complexity index is 693. The lowest BCUT2D eigenvalue weighted by Crippen LogP contribution is -2.56. The molecule has 0 aliphatic carbocycles. The van der Waals surface area contributed by atoms with Gasteiger partial charge < -0.3 is 20.3 Å². The smallest absolute Gasteiger partial charge is 0.318 e. The minimum Gasteiger partial charge on any atom is -0.378 e. The molecule has 1 aromatic carbocycles. The first-order valence-electron chi connectivity index (χ1n) is 10.5. The number of hydrogen-bond donors (Lipinski definition) is 2. The van der Waals surface area contributed by atoms with Gasteiger partial charge in [0.25, 0.3) is 0 Å². The van der Waals surface area contributed by atoms with Crippen molar-refractivity contribution in [3.05, 3.63) is 35.9 Å². The second-order valence-corrected chi connectivity index (χ2v) is 7.92. The van der Waals surface area contributed by atoms with Crippen molar-refractivity contribution in [2.75, 3.05) is 33.0 Å². The molecule has 0 saturated carbocycles. The van der Waals surface area contributed by atoms with E-state index in [0.717, 1.165) is 5.56 Å². The van der Waals surface area contributed by atoms with Crippen molar-refractivity contribution in [1.82, 2.24) is 15.5 Å². The Kier molecular flexibility index (Phi) is 9.73. The summed E-state index contributed by atoms with van der Waals surface area (Å²) in [6.45, 7) is 4.59. The third kappa shape index (κ3) is 7.74. The molecule has 0 aromatic heterocycles. The summed E-state index contributed by atoms with van der Waals surface area (Å²) in [7, 11) is 0. The highest BCUT2D eigenvalue weighted by Crippen LogP contribution is 2.10. The standard InChI is InChI=1S/C22H32FN3O4/c1-16(2)14-19(25-22(29)26-10-12-30-13-11-26)21(28)24-18(20(27)15-23)9-8-17-6-4-3-5-7-17/h3-7,16,18-19H,8-15H2,1-2H3,(H,24,28)(H,25,29)/t18-,19-/m0/s1. The van der Waals surface area contributed by atoms with Gasteiger partial charge in [0.05, 0.1) is 19.3 Å². The first-order chi connectivity index (χ1) is 14.4. The average molecular weight is 422 g/mol. The van der Waals surface area contributed by atoms with E-state index >= 15 is 0 Å². The molecule has 2 N–H and O–H groups in total. The lowest BCUT2D eigenvalue weighted by atomic mass is 10.00. The molecular weight excluding hydrogens is 389 g/mol. The molecule has 0 unspecified atom stereocenters. The molecule has 1 aromatic rings. The maximum Gasteiger partial charge on any atom is 0.318 e. The van der Waals surface area contributed by atoms with E-state index in [1.54, 1.807) is 4.90 Å². The number of halogens is 1. The van der Waals surface area contributed by atoms with Gasteiger partial charge in [-0.05, 0) is 30.7 Å². The molecule has 7 nitrogen and oxygen atoms in total. The number of benzene rings is 1. The number of Topliss-reactive ketones (excluding diaryl/α,β-unsaturated/α-hetero) is 1. The molecule has 3 amide bonds.